The Hall–Kier alpha value is -2.68. The molecule has 29 heavy (non-hydrogen) atoms. The van der Waals surface area contributed by atoms with E-state index in [1.165, 1.54) is 18.6 Å². The Bertz CT molecular complexity index is 762. The topological polar surface area (TPSA) is 128 Å². The van der Waals surface area contributed by atoms with Crippen LogP contribution in [0.3, 0.4) is 0 Å². The van der Waals surface area contributed by atoms with E-state index in [2.05, 4.69) is 10.6 Å². The number of nitro benzene ring substituents is 1. The molecule has 0 unspecified atom stereocenters. The number of benzene rings is 1. The SMILES string of the molecule is O=C(COC(=O)CNC(=O)c1ccc(Cl)c([N+](=O)[O-])c1)NC1CCCCCCC1. The molecule has 2 amide bonds. The van der Waals surface area contributed by atoms with Crippen LogP contribution < -0.4 is 10.6 Å². The van der Waals surface area contributed by atoms with Gasteiger partial charge in [0.25, 0.3) is 17.5 Å². The highest BCUT2D eigenvalue weighted by molar-refractivity contribution is 6.32. The van der Waals surface area contributed by atoms with Crippen LogP contribution in [-0.4, -0.2) is 41.9 Å². The Morgan fingerprint density at radius 3 is 2.45 bits per heavy atom. The molecule has 158 valence electrons. The third-order valence-corrected chi connectivity index (χ3v) is 4.95. The van der Waals surface area contributed by atoms with Crippen LogP contribution in [0.2, 0.25) is 5.02 Å². The van der Waals surface area contributed by atoms with E-state index < -0.39 is 35.6 Å². The van der Waals surface area contributed by atoms with Gasteiger partial charge < -0.3 is 15.4 Å². The third kappa shape index (κ3) is 7.69. The Morgan fingerprint density at radius 1 is 1.14 bits per heavy atom. The number of nitro groups is 1. The summed E-state index contributed by atoms with van der Waals surface area (Å²) < 4.78 is 4.87. The monoisotopic (exact) mass is 425 g/mol. The summed E-state index contributed by atoms with van der Waals surface area (Å²) in [5.41, 5.74) is -0.427. The molecule has 0 atom stereocenters. The van der Waals surface area contributed by atoms with Gasteiger partial charge in [0.15, 0.2) is 6.61 Å². The zero-order valence-corrected chi connectivity index (χ0v) is 16.7. The number of nitrogens with zero attached hydrogens (tertiary/aromatic N) is 1. The normalized spacial score (nSPS) is 14.9. The van der Waals surface area contributed by atoms with Gasteiger partial charge in [-0.25, -0.2) is 0 Å². The number of carbonyl (C=O) groups excluding carboxylic acids is 3. The summed E-state index contributed by atoms with van der Waals surface area (Å²) >= 11 is 5.70. The predicted octanol–water partition coefficient (Wildman–Crippen LogP) is 2.75. The lowest BCUT2D eigenvalue weighted by Gasteiger charge is -2.20. The summed E-state index contributed by atoms with van der Waals surface area (Å²) in [6, 6.07) is 3.65. The van der Waals surface area contributed by atoms with Crippen LogP contribution in [0.1, 0.15) is 55.3 Å². The van der Waals surface area contributed by atoms with Gasteiger partial charge >= 0.3 is 5.97 Å². The number of hydrogen-bond donors (Lipinski definition) is 2. The molecule has 0 bridgehead atoms. The Morgan fingerprint density at radius 2 is 1.79 bits per heavy atom. The molecule has 1 saturated carbocycles. The summed E-state index contributed by atoms with van der Waals surface area (Å²) in [4.78, 5) is 45.9. The van der Waals surface area contributed by atoms with Gasteiger partial charge in [0.1, 0.15) is 11.6 Å². The molecule has 1 aromatic carbocycles. The third-order valence-electron chi connectivity index (χ3n) is 4.63. The van der Waals surface area contributed by atoms with E-state index in [0.29, 0.717) is 0 Å². The average molecular weight is 426 g/mol. The van der Waals surface area contributed by atoms with Crippen molar-refractivity contribution in [2.45, 2.75) is 51.0 Å². The molecule has 2 N–H and O–H groups in total. The standard InChI is InChI=1S/C19H24ClN3O6/c20-15-9-8-13(10-16(15)23(27)28)19(26)21-11-18(25)29-12-17(24)22-14-6-4-2-1-3-5-7-14/h8-10,14H,1-7,11-12H2,(H,21,26)(H,22,24). The fourth-order valence-corrected chi connectivity index (χ4v) is 3.30. The molecule has 0 saturated heterocycles. The number of rotatable bonds is 7. The predicted molar refractivity (Wildman–Crippen MR) is 106 cm³/mol. The van der Waals surface area contributed by atoms with E-state index in [1.54, 1.807) is 0 Å². The minimum Gasteiger partial charge on any atom is -0.454 e. The number of esters is 1. The second kappa shape index (κ2) is 11.4. The van der Waals surface area contributed by atoms with E-state index in [1.807, 2.05) is 0 Å². The fraction of sp³-hybridized carbons (Fsp3) is 0.526. The lowest BCUT2D eigenvalue weighted by atomic mass is 9.97. The van der Waals surface area contributed by atoms with Crippen molar-refractivity contribution in [3.05, 3.63) is 38.9 Å². The molecule has 0 radical (unpaired) electrons. The molecule has 0 aromatic heterocycles. The molecule has 1 aliphatic carbocycles. The Labute approximate surface area is 173 Å². The van der Waals surface area contributed by atoms with Gasteiger partial charge in [0.2, 0.25) is 0 Å². The highest BCUT2D eigenvalue weighted by atomic mass is 35.5. The minimum absolute atomic E-state index is 0.0177. The van der Waals surface area contributed by atoms with Gasteiger partial charge in [0.05, 0.1) is 4.92 Å². The van der Waals surface area contributed by atoms with Crippen LogP contribution in [0.5, 0.6) is 0 Å². The Balaban J connectivity index is 1.73. The number of hydrogen-bond acceptors (Lipinski definition) is 6. The van der Waals surface area contributed by atoms with Crippen LogP contribution in [0.4, 0.5) is 5.69 Å². The number of halogens is 1. The molecule has 1 aromatic rings. The second-order valence-corrected chi connectivity index (χ2v) is 7.28. The van der Waals surface area contributed by atoms with Gasteiger partial charge in [-0.3, -0.25) is 24.5 Å². The Kier molecular flexibility index (Phi) is 8.85. The highest BCUT2D eigenvalue weighted by Gasteiger charge is 2.18. The van der Waals surface area contributed by atoms with Crippen molar-refractivity contribution >= 4 is 35.1 Å². The van der Waals surface area contributed by atoms with E-state index in [4.69, 9.17) is 16.3 Å². The van der Waals surface area contributed by atoms with Crippen molar-refractivity contribution in [2.24, 2.45) is 0 Å². The lowest BCUT2D eigenvalue weighted by Crippen LogP contribution is -2.39. The van der Waals surface area contributed by atoms with Crippen LogP contribution >= 0.6 is 11.6 Å². The van der Waals surface area contributed by atoms with E-state index in [-0.39, 0.29) is 22.5 Å². The summed E-state index contributed by atoms with van der Waals surface area (Å²) in [5.74, 6) is -1.85. The van der Waals surface area contributed by atoms with Crippen molar-refractivity contribution in [3.8, 4) is 0 Å². The first-order valence-electron chi connectivity index (χ1n) is 9.54. The molecule has 0 spiro atoms. The minimum atomic E-state index is -0.783. The van der Waals surface area contributed by atoms with Crippen molar-refractivity contribution in [1.82, 2.24) is 10.6 Å². The summed E-state index contributed by atoms with van der Waals surface area (Å²) in [7, 11) is 0. The van der Waals surface area contributed by atoms with Gasteiger partial charge in [-0.1, -0.05) is 43.7 Å². The molecule has 0 aliphatic heterocycles. The number of carbonyl (C=O) groups is 3. The highest BCUT2D eigenvalue weighted by Crippen LogP contribution is 2.25. The zero-order chi connectivity index (χ0) is 21.2. The van der Waals surface area contributed by atoms with Gasteiger partial charge in [-0.15, -0.1) is 0 Å². The van der Waals surface area contributed by atoms with Crippen LogP contribution in [0, 0.1) is 10.1 Å². The summed E-state index contributed by atoms with van der Waals surface area (Å²) in [6.07, 6.45) is 7.54. The van der Waals surface area contributed by atoms with Crippen LogP contribution in [-0.2, 0) is 14.3 Å². The molecule has 0 heterocycles. The summed E-state index contributed by atoms with van der Waals surface area (Å²) in [5, 5.41) is 15.9. The molecule has 1 fully saturated rings. The van der Waals surface area contributed by atoms with Crippen molar-refractivity contribution in [3.63, 3.8) is 0 Å². The first-order chi connectivity index (χ1) is 13.9. The largest absolute Gasteiger partial charge is 0.454 e. The van der Waals surface area contributed by atoms with Crippen molar-refractivity contribution in [2.75, 3.05) is 13.2 Å². The smallest absolute Gasteiger partial charge is 0.325 e. The molecule has 1 aliphatic rings. The van der Waals surface area contributed by atoms with Crippen molar-refractivity contribution in [1.29, 1.82) is 0 Å². The first-order valence-corrected chi connectivity index (χ1v) is 9.91. The van der Waals surface area contributed by atoms with Gasteiger partial charge in [-0.2, -0.15) is 0 Å². The van der Waals surface area contributed by atoms with E-state index in [0.717, 1.165) is 44.6 Å². The quantitative estimate of drug-likeness (QED) is 0.392. The number of ether oxygens (including phenoxy) is 1. The van der Waals surface area contributed by atoms with E-state index >= 15 is 0 Å². The average Bonchev–Trinajstić information content (AvgIpc) is 2.66. The van der Waals surface area contributed by atoms with Crippen molar-refractivity contribution < 1.29 is 24.0 Å². The number of amides is 2. The van der Waals surface area contributed by atoms with E-state index in [9.17, 15) is 24.5 Å². The fourth-order valence-electron chi connectivity index (χ4n) is 3.12. The second-order valence-electron chi connectivity index (χ2n) is 6.88. The molecular weight excluding hydrogens is 402 g/mol. The molecule has 2 rings (SSSR count). The molecule has 10 heteroatoms. The first kappa shape index (κ1) is 22.6. The van der Waals surface area contributed by atoms with Gasteiger partial charge in [0, 0.05) is 17.7 Å². The summed E-state index contributed by atoms with van der Waals surface area (Å²) in [6.45, 7) is -0.885. The maximum atomic E-state index is 12.0. The maximum absolute atomic E-state index is 12.0. The number of nitrogens with one attached hydrogen (secondary N) is 2. The molecular formula is C19H24ClN3O6. The maximum Gasteiger partial charge on any atom is 0.325 e. The van der Waals surface area contributed by atoms with Gasteiger partial charge in [-0.05, 0) is 25.0 Å². The zero-order valence-electron chi connectivity index (χ0n) is 15.9. The van der Waals surface area contributed by atoms with Crippen LogP contribution in [0.25, 0.3) is 0 Å². The van der Waals surface area contributed by atoms with Crippen LogP contribution in [0.15, 0.2) is 18.2 Å². The molecule has 9 nitrogen and oxygen atoms in total. The lowest BCUT2D eigenvalue weighted by molar-refractivity contribution is -0.384.